The van der Waals surface area contributed by atoms with Gasteiger partial charge in [0.2, 0.25) is 10.0 Å². The first-order valence-electron chi connectivity index (χ1n) is 7.18. The second-order valence-electron chi connectivity index (χ2n) is 5.99. The predicted octanol–water partition coefficient (Wildman–Crippen LogP) is 2.24. The molecule has 1 aromatic carbocycles. The lowest BCUT2D eigenvalue weighted by molar-refractivity contribution is 0.296. The molecule has 112 valence electrons. The molecule has 1 aliphatic rings. The highest BCUT2D eigenvalue weighted by Gasteiger charge is 2.29. The van der Waals surface area contributed by atoms with Gasteiger partial charge in [-0.2, -0.15) is 0 Å². The molecule has 1 aliphatic carbocycles. The molecule has 1 aromatic rings. The van der Waals surface area contributed by atoms with Crippen LogP contribution in [0.25, 0.3) is 0 Å². The Kier molecular flexibility index (Phi) is 4.52. The Morgan fingerprint density at radius 3 is 2.40 bits per heavy atom. The summed E-state index contributed by atoms with van der Waals surface area (Å²) in [6.45, 7) is 4.21. The number of aryl methyl sites for hydroxylation is 2. The van der Waals surface area contributed by atoms with E-state index in [-0.39, 0.29) is 5.54 Å². The van der Waals surface area contributed by atoms with Crippen LogP contribution >= 0.6 is 0 Å². The van der Waals surface area contributed by atoms with E-state index >= 15 is 0 Å². The van der Waals surface area contributed by atoms with E-state index in [0.29, 0.717) is 11.4 Å². The highest BCUT2D eigenvalue weighted by molar-refractivity contribution is 7.89. The fraction of sp³-hybridized carbons (Fsp3) is 0.600. The second kappa shape index (κ2) is 5.84. The highest BCUT2D eigenvalue weighted by Crippen LogP contribution is 2.25. The van der Waals surface area contributed by atoms with Gasteiger partial charge in [-0.05, 0) is 49.9 Å². The van der Waals surface area contributed by atoms with Gasteiger partial charge in [0.25, 0.3) is 0 Å². The molecule has 0 unspecified atom stereocenters. The summed E-state index contributed by atoms with van der Waals surface area (Å²) in [6, 6.07) is 5.19. The van der Waals surface area contributed by atoms with Crippen molar-refractivity contribution in [2.75, 3.05) is 6.54 Å². The fourth-order valence-electron chi connectivity index (χ4n) is 2.64. The molecule has 0 atom stereocenters. The predicted molar refractivity (Wildman–Crippen MR) is 81.1 cm³/mol. The molecule has 1 fully saturated rings. The van der Waals surface area contributed by atoms with Gasteiger partial charge < -0.3 is 5.73 Å². The number of hydrogen-bond acceptors (Lipinski definition) is 3. The van der Waals surface area contributed by atoms with E-state index < -0.39 is 10.0 Å². The molecule has 4 nitrogen and oxygen atoms in total. The minimum Gasteiger partial charge on any atom is -0.324 e. The van der Waals surface area contributed by atoms with Crippen molar-refractivity contribution in [3.63, 3.8) is 0 Å². The molecule has 1 saturated carbocycles. The molecule has 20 heavy (non-hydrogen) atoms. The van der Waals surface area contributed by atoms with E-state index in [0.717, 1.165) is 36.8 Å². The summed E-state index contributed by atoms with van der Waals surface area (Å²) >= 11 is 0. The van der Waals surface area contributed by atoms with Crippen LogP contribution in [0.3, 0.4) is 0 Å². The lowest BCUT2D eigenvalue weighted by Gasteiger charge is -2.33. The second-order valence-corrected chi connectivity index (χ2v) is 7.76. The molecule has 5 heteroatoms. The van der Waals surface area contributed by atoms with Crippen LogP contribution in [0.2, 0.25) is 0 Å². The third-order valence-electron chi connectivity index (χ3n) is 4.25. The summed E-state index contributed by atoms with van der Waals surface area (Å²) in [5.41, 5.74) is 7.96. The van der Waals surface area contributed by atoms with Gasteiger partial charge in [0.05, 0.1) is 4.90 Å². The van der Waals surface area contributed by atoms with E-state index in [4.69, 9.17) is 5.73 Å². The quantitative estimate of drug-likeness (QED) is 0.895. The zero-order chi connectivity index (χ0) is 14.8. The Morgan fingerprint density at radius 1 is 1.15 bits per heavy atom. The SMILES string of the molecule is Cc1ccc(S(=O)(=O)NCC2(N)CCCCC2)cc1C. The zero-order valence-corrected chi connectivity index (χ0v) is 13.1. The molecule has 2 rings (SSSR count). The van der Waals surface area contributed by atoms with E-state index in [2.05, 4.69) is 4.72 Å². The van der Waals surface area contributed by atoms with Gasteiger partial charge in [-0.25, -0.2) is 13.1 Å². The number of nitrogens with one attached hydrogen (secondary N) is 1. The van der Waals surface area contributed by atoms with E-state index in [1.54, 1.807) is 12.1 Å². The van der Waals surface area contributed by atoms with Gasteiger partial charge in [-0.3, -0.25) is 0 Å². The molecule has 0 heterocycles. The monoisotopic (exact) mass is 296 g/mol. The third-order valence-corrected chi connectivity index (χ3v) is 5.65. The maximum Gasteiger partial charge on any atom is 0.240 e. The van der Waals surface area contributed by atoms with Crippen LogP contribution in [-0.2, 0) is 10.0 Å². The minimum absolute atomic E-state index is 0.319. The molecule has 0 amide bonds. The molecule has 0 bridgehead atoms. The number of benzene rings is 1. The number of rotatable bonds is 4. The van der Waals surface area contributed by atoms with Gasteiger partial charge in [0.1, 0.15) is 0 Å². The van der Waals surface area contributed by atoms with Crippen LogP contribution in [0.4, 0.5) is 0 Å². The normalized spacial score (nSPS) is 18.9. The Hall–Kier alpha value is -0.910. The van der Waals surface area contributed by atoms with Gasteiger partial charge in [0, 0.05) is 12.1 Å². The first-order valence-corrected chi connectivity index (χ1v) is 8.67. The summed E-state index contributed by atoms with van der Waals surface area (Å²) in [6.07, 6.45) is 5.15. The Morgan fingerprint density at radius 2 is 1.80 bits per heavy atom. The Bertz CT molecular complexity index is 576. The summed E-state index contributed by atoms with van der Waals surface area (Å²) < 4.78 is 27.3. The van der Waals surface area contributed by atoms with Crippen LogP contribution in [0.15, 0.2) is 23.1 Å². The van der Waals surface area contributed by atoms with Gasteiger partial charge in [0.15, 0.2) is 0 Å². The lowest BCUT2D eigenvalue weighted by Crippen LogP contribution is -2.51. The van der Waals surface area contributed by atoms with Gasteiger partial charge in [-0.1, -0.05) is 25.3 Å². The maximum absolute atomic E-state index is 12.3. The first-order chi connectivity index (χ1) is 9.32. The topological polar surface area (TPSA) is 72.2 Å². The average molecular weight is 296 g/mol. The van der Waals surface area contributed by atoms with Crippen LogP contribution in [0.5, 0.6) is 0 Å². The highest BCUT2D eigenvalue weighted by atomic mass is 32.2. The van der Waals surface area contributed by atoms with Crippen molar-refractivity contribution in [3.05, 3.63) is 29.3 Å². The van der Waals surface area contributed by atoms with Crippen LogP contribution < -0.4 is 10.5 Å². The molecule has 0 radical (unpaired) electrons. The number of nitrogens with two attached hydrogens (primary N) is 1. The summed E-state index contributed by atoms with van der Waals surface area (Å²) in [5.74, 6) is 0. The largest absolute Gasteiger partial charge is 0.324 e. The molecular formula is C15H24N2O2S. The smallest absolute Gasteiger partial charge is 0.240 e. The van der Waals surface area contributed by atoms with Gasteiger partial charge in [-0.15, -0.1) is 0 Å². The van der Waals surface area contributed by atoms with Crippen molar-refractivity contribution < 1.29 is 8.42 Å². The van der Waals surface area contributed by atoms with Crippen LogP contribution in [0.1, 0.15) is 43.2 Å². The average Bonchev–Trinajstić information content (AvgIpc) is 2.41. The van der Waals surface area contributed by atoms with Crippen molar-refractivity contribution in [2.24, 2.45) is 5.73 Å². The van der Waals surface area contributed by atoms with E-state index in [9.17, 15) is 8.42 Å². The molecule has 3 N–H and O–H groups in total. The number of hydrogen-bond donors (Lipinski definition) is 2. The lowest BCUT2D eigenvalue weighted by atomic mass is 9.83. The van der Waals surface area contributed by atoms with E-state index in [1.165, 1.54) is 6.42 Å². The molecule has 0 saturated heterocycles. The number of sulfonamides is 1. The van der Waals surface area contributed by atoms with Crippen molar-refractivity contribution in [2.45, 2.75) is 56.4 Å². The standard InChI is InChI=1S/C15H24N2O2S/c1-12-6-7-14(10-13(12)2)20(18,19)17-11-15(16)8-4-3-5-9-15/h6-7,10,17H,3-5,8-9,11,16H2,1-2H3. The first kappa shape index (κ1) is 15.5. The molecule has 0 aliphatic heterocycles. The fourth-order valence-corrected chi connectivity index (χ4v) is 3.86. The minimum atomic E-state index is -3.47. The summed E-state index contributed by atoms with van der Waals surface area (Å²) in [7, 11) is -3.47. The Labute approximate surface area is 121 Å². The van der Waals surface area contributed by atoms with Crippen molar-refractivity contribution >= 4 is 10.0 Å². The molecule has 0 spiro atoms. The third kappa shape index (κ3) is 3.59. The summed E-state index contributed by atoms with van der Waals surface area (Å²) in [4.78, 5) is 0.319. The van der Waals surface area contributed by atoms with Gasteiger partial charge >= 0.3 is 0 Å². The van der Waals surface area contributed by atoms with Crippen molar-refractivity contribution in [1.29, 1.82) is 0 Å². The van der Waals surface area contributed by atoms with Crippen molar-refractivity contribution in [3.8, 4) is 0 Å². The van der Waals surface area contributed by atoms with Crippen LogP contribution in [-0.4, -0.2) is 20.5 Å². The Balaban J connectivity index is 2.09. The van der Waals surface area contributed by atoms with E-state index in [1.807, 2.05) is 19.9 Å². The van der Waals surface area contributed by atoms with Crippen molar-refractivity contribution in [1.82, 2.24) is 4.72 Å². The van der Waals surface area contributed by atoms with Crippen LogP contribution in [0, 0.1) is 13.8 Å². The maximum atomic E-state index is 12.3. The zero-order valence-electron chi connectivity index (χ0n) is 12.3. The molecule has 0 aromatic heterocycles. The summed E-state index contributed by atoms with van der Waals surface area (Å²) in [5, 5.41) is 0. The molecular weight excluding hydrogens is 272 g/mol.